The van der Waals surface area contributed by atoms with Gasteiger partial charge in [0.15, 0.2) is 11.5 Å². The zero-order chi connectivity index (χ0) is 22.3. The van der Waals surface area contributed by atoms with Gasteiger partial charge in [-0.15, -0.1) is 0 Å². The van der Waals surface area contributed by atoms with Gasteiger partial charge in [-0.1, -0.05) is 30.4 Å². The highest BCUT2D eigenvalue weighted by Gasteiger charge is 2.25. The van der Waals surface area contributed by atoms with Crippen LogP contribution in [-0.2, 0) is 0 Å². The molecule has 2 aromatic carbocycles. The van der Waals surface area contributed by atoms with Gasteiger partial charge in [-0.25, -0.2) is 0 Å². The molecule has 0 radical (unpaired) electrons. The predicted octanol–water partition coefficient (Wildman–Crippen LogP) is 4.19. The SMILES string of the molecule is COc1cc(C=CCN2CCC(Oc3ccccc3C(=O)N3CCCC3)CC2)ccc1O. The molecule has 2 aliphatic rings. The number of phenols is 1. The quantitative estimate of drug-likeness (QED) is 0.705. The Bertz CT molecular complexity index is 945. The van der Waals surface area contributed by atoms with Crippen LogP contribution in [0, 0.1) is 0 Å². The first kappa shape index (κ1) is 22.2. The summed E-state index contributed by atoms with van der Waals surface area (Å²) in [5.74, 6) is 1.43. The van der Waals surface area contributed by atoms with Crippen molar-refractivity contribution >= 4 is 12.0 Å². The van der Waals surface area contributed by atoms with Crippen LogP contribution in [0.5, 0.6) is 17.2 Å². The lowest BCUT2D eigenvalue weighted by molar-refractivity contribution is 0.0772. The van der Waals surface area contributed by atoms with Gasteiger partial charge in [-0.3, -0.25) is 9.69 Å². The van der Waals surface area contributed by atoms with Gasteiger partial charge in [0.25, 0.3) is 5.91 Å². The van der Waals surface area contributed by atoms with Gasteiger partial charge < -0.3 is 19.5 Å². The maximum Gasteiger partial charge on any atom is 0.257 e. The summed E-state index contributed by atoms with van der Waals surface area (Å²) < 4.78 is 11.5. The van der Waals surface area contributed by atoms with Crippen molar-refractivity contribution in [2.24, 2.45) is 0 Å². The van der Waals surface area contributed by atoms with Crippen LogP contribution in [0.25, 0.3) is 6.08 Å². The van der Waals surface area contributed by atoms with E-state index in [1.54, 1.807) is 13.2 Å². The molecule has 6 nitrogen and oxygen atoms in total. The minimum absolute atomic E-state index is 0.0894. The van der Waals surface area contributed by atoms with E-state index >= 15 is 0 Å². The third kappa shape index (κ3) is 5.43. The zero-order valence-electron chi connectivity index (χ0n) is 18.7. The normalized spacial score (nSPS) is 17.7. The number of methoxy groups -OCH3 is 1. The van der Waals surface area contributed by atoms with E-state index in [0.717, 1.165) is 64.0 Å². The lowest BCUT2D eigenvalue weighted by Gasteiger charge is -2.32. The monoisotopic (exact) mass is 436 g/mol. The van der Waals surface area contributed by atoms with E-state index in [9.17, 15) is 9.90 Å². The number of nitrogens with zero attached hydrogens (tertiary/aromatic N) is 2. The molecule has 2 fully saturated rings. The standard InChI is InChI=1S/C26H32N2O4/c1-31-25-19-20(10-11-23(25)29)7-6-14-27-17-12-21(13-18-27)32-24-9-3-2-8-22(24)26(30)28-15-4-5-16-28/h2-3,6-11,19,21,29H,4-5,12-18H2,1H3. The molecule has 4 rings (SSSR count). The number of hydrogen-bond acceptors (Lipinski definition) is 5. The van der Waals surface area contributed by atoms with Gasteiger partial charge in [0.05, 0.1) is 12.7 Å². The minimum atomic E-state index is 0.0894. The number of para-hydroxylation sites is 1. The summed E-state index contributed by atoms with van der Waals surface area (Å²) in [7, 11) is 1.55. The van der Waals surface area contributed by atoms with Crippen molar-refractivity contribution in [3.05, 3.63) is 59.7 Å². The lowest BCUT2D eigenvalue weighted by Crippen LogP contribution is -2.38. The fraction of sp³-hybridized carbons (Fsp3) is 0.423. The number of ether oxygens (including phenoxy) is 2. The van der Waals surface area contributed by atoms with Gasteiger partial charge in [0.2, 0.25) is 0 Å². The van der Waals surface area contributed by atoms with E-state index in [-0.39, 0.29) is 17.8 Å². The predicted molar refractivity (Wildman–Crippen MR) is 125 cm³/mol. The molecule has 2 heterocycles. The third-order valence-corrected chi connectivity index (χ3v) is 6.22. The molecule has 0 aromatic heterocycles. The fourth-order valence-corrected chi connectivity index (χ4v) is 4.36. The van der Waals surface area contributed by atoms with Crippen molar-refractivity contribution in [2.45, 2.75) is 31.8 Å². The first-order valence-corrected chi connectivity index (χ1v) is 11.4. The summed E-state index contributed by atoms with van der Waals surface area (Å²) in [6.07, 6.45) is 8.36. The Labute approximate surface area is 190 Å². The molecule has 0 aliphatic carbocycles. The average Bonchev–Trinajstić information content (AvgIpc) is 3.36. The topological polar surface area (TPSA) is 62.2 Å². The van der Waals surface area contributed by atoms with Crippen LogP contribution in [0.4, 0.5) is 0 Å². The first-order valence-electron chi connectivity index (χ1n) is 11.4. The van der Waals surface area contributed by atoms with Crippen LogP contribution in [-0.4, -0.2) is 66.8 Å². The highest BCUT2D eigenvalue weighted by Crippen LogP contribution is 2.27. The first-order chi connectivity index (χ1) is 15.6. The summed E-state index contributed by atoms with van der Waals surface area (Å²) in [6, 6.07) is 13.0. The van der Waals surface area contributed by atoms with E-state index in [0.29, 0.717) is 17.1 Å². The largest absolute Gasteiger partial charge is 0.504 e. The van der Waals surface area contributed by atoms with Crippen molar-refractivity contribution in [1.29, 1.82) is 0 Å². The number of aromatic hydroxyl groups is 1. The molecule has 2 aromatic rings. The number of piperidine rings is 1. The summed E-state index contributed by atoms with van der Waals surface area (Å²) >= 11 is 0. The number of likely N-dealkylation sites (tertiary alicyclic amines) is 2. The second-order valence-corrected chi connectivity index (χ2v) is 8.45. The maximum absolute atomic E-state index is 12.9. The molecule has 1 N–H and O–H groups in total. The number of amides is 1. The molecular formula is C26H32N2O4. The minimum Gasteiger partial charge on any atom is -0.504 e. The van der Waals surface area contributed by atoms with E-state index in [1.165, 1.54) is 0 Å². The van der Waals surface area contributed by atoms with Crippen LogP contribution in [0.2, 0.25) is 0 Å². The highest BCUT2D eigenvalue weighted by atomic mass is 16.5. The third-order valence-electron chi connectivity index (χ3n) is 6.22. The lowest BCUT2D eigenvalue weighted by atomic mass is 10.1. The maximum atomic E-state index is 12.9. The molecule has 2 saturated heterocycles. The van der Waals surface area contributed by atoms with Gasteiger partial charge in [0, 0.05) is 32.7 Å². The Balaban J connectivity index is 1.28. The van der Waals surface area contributed by atoms with Crippen LogP contribution < -0.4 is 9.47 Å². The Kier molecular flexibility index (Phi) is 7.32. The fourth-order valence-electron chi connectivity index (χ4n) is 4.36. The molecule has 2 aliphatic heterocycles. The molecular weight excluding hydrogens is 404 g/mol. The van der Waals surface area contributed by atoms with E-state index in [1.807, 2.05) is 47.4 Å². The Morgan fingerprint density at radius 2 is 1.81 bits per heavy atom. The van der Waals surface area contributed by atoms with E-state index in [4.69, 9.17) is 9.47 Å². The van der Waals surface area contributed by atoms with Crippen molar-refractivity contribution in [1.82, 2.24) is 9.80 Å². The van der Waals surface area contributed by atoms with Gasteiger partial charge in [0.1, 0.15) is 11.9 Å². The highest BCUT2D eigenvalue weighted by molar-refractivity contribution is 5.97. The molecule has 170 valence electrons. The van der Waals surface area contributed by atoms with Crippen LogP contribution >= 0.6 is 0 Å². The second-order valence-electron chi connectivity index (χ2n) is 8.45. The molecule has 0 atom stereocenters. The number of benzene rings is 2. The zero-order valence-corrected chi connectivity index (χ0v) is 18.7. The summed E-state index contributed by atoms with van der Waals surface area (Å²) in [5, 5.41) is 9.71. The van der Waals surface area contributed by atoms with Crippen LogP contribution in [0.15, 0.2) is 48.5 Å². The molecule has 0 bridgehead atoms. The molecule has 0 spiro atoms. The van der Waals surface area contributed by atoms with Crippen molar-refractivity contribution in [2.75, 3.05) is 39.8 Å². The Hall–Kier alpha value is -2.99. The van der Waals surface area contributed by atoms with E-state index in [2.05, 4.69) is 11.0 Å². The number of carbonyl (C=O) groups excluding carboxylic acids is 1. The Morgan fingerprint density at radius 1 is 1.06 bits per heavy atom. The van der Waals surface area contributed by atoms with Crippen molar-refractivity contribution < 1.29 is 19.4 Å². The molecule has 0 saturated carbocycles. The van der Waals surface area contributed by atoms with Gasteiger partial charge >= 0.3 is 0 Å². The van der Waals surface area contributed by atoms with Crippen molar-refractivity contribution in [3.63, 3.8) is 0 Å². The van der Waals surface area contributed by atoms with Crippen LogP contribution in [0.3, 0.4) is 0 Å². The van der Waals surface area contributed by atoms with Crippen molar-refractivity contribution in [3.8, 4) is 17.2 Å². The second kappa shape index (κ2) is 10.6. The molecule has 32 heavy (non-hydrogen) atoms. The van der Waals surface area contributed by atoms with E-state index < -0.39 is 0 Å². The average molecular weight is 437 g/mol. The van der Waals surface area contributed by atoms with Gasteiger partial charge in [-0.2, -0.15) is 0 Å². The smallest absolute Gasteiger partial charge is 0.257 e. The summed E-state index contributed by atoms with van der Waals surface area (Å²) in [4.78, 5) is 17.2. The number of hydrogen-bond donors (Lipinski definition) is 1. The number of phenolic OH excluding ortho intramolecular Hbond substituents is 1. The molecule has 0 unspecified atom stereocenters. The molecule has 1 amide bonds. The summed E-state index contributed by atoms with van der Waals surface area (Å²) in [5.41, 5.74) is 1.68. The summed E-state index contributed by atoms with van der Waals surface area (Å²) in [6.45, 7) is 4.46. The Morgan fingerprint density at radius 3 is 2.56 bits per heavy atom. The van der Waals surface area contributed by atoms with Gasteiger partial charge in [-0.05, 0) is 55.5 Å². The number of carbonyl (C=O) groups is 1. The van der Waals surface area contributed by atoms with Crippen LogP contribution in [0.1, 0.15) is 41.6 Å². The molecule has 6 heteroatoms. The number of rotatable bonds is 7.